The second-order valence-electron chi connectivity index (χ2n) is 5.30. The van der Waals surface area contributed by atoms with Crippen molar-refractivity contribution in [2.75, 3.05) is 0 Å². The fourth-order valence-corrected chi connectivity index (χ4v) is 2.20. The molecule has 2 heterocycles. The third-order valence-electron chi connectivity index (χ3n) is 3.34. The van der Waals surface area contributed by atoms with E-state index < -0.39 is 0 Å². The zero-order valence-corrected chi connectivity index (χ0v) is 12.4. The van der Waals surface area contributed by atoms with Crippen LogP contribution in [0, 0.1) is 0 Å². The van der Waals surface area contributed by atoms with Crippen molar-refractivity contribution in [3.8, 4) is 0 Å². The molecule has 0 bridgehead atoms. The van der Waals surface area contributed by atoms with Crippen LogP contribution in [0.3, 0.4) is 0 Å². The quantitative estimate of drug-likeness (QED) is 0.762. The topological polar surface area (TPSA) is 25.8 Å². The van der Waals surface area contributed by atoms with Crippen LogP contribution < -0.4 is 0 Å². The summed E-state index contributed by atoms with van der Waals surface area (Å²) in [6, 6.07) is 6.13. The Morgan fingerprint density at radius 3 is 2.47 bits per heavy atom. The summed E-state index contributed by atoms with van der Waals surface area (Å²) in [5.74, 6) is 0.925. The first-order valence-corrected chi connectivity index (χ1v) is 6.99. The van der Waals surface area contributed by atoms with E-state index in [1.54, 1.807) is 0 Å². The number of halogens is 1. The number of pyridine rings is 2. The molecule has 2 nitrogen and oxygen atoms in total. The Morgan fingerprint density at radius 2 is 1.84 bits per heavy atom. The van der Waals surface area contributed by atoms with E-state index in [-0.39, 0.29) is 0 Å². The SMILES string of the molecule is CC(C)c1cncc(CC(C)c2ccc(Cl)nc2)c1. The van der Waals surface area contributed by atoms with Crippen molar-refractivity contribution in [3.05, 3.63) is 58.6 Å². The van der Waals surface area contributed by atoms with Crippen LogP contribution in [0.4, 0.5) is 0 Å². The molecule has 0 N–H and O–H groups in total. The lowest BCUT2D eigenvalue weighted by molar-refractivity contribution is 0.746. The first-order chi connectivity index (χ1) is 9.06. The van der Waals surface area contributed by atoms with Crippen LogP contribution >= 0.6 is 11.6 Å². The fourth-order valence-electron chi connectivity index (χ4n) is 2.09. The molecule has 2 aromatic heterocycles. The van der Waals surface area contributed by atoms with Crippen molar-refractivity contribution in [3.63, 3.8) is 0 Å². The van der Waals surface area contributed by atoms with Gasteiger partial charge >= 0.3 is 0 Å². The van der Waals surface area contributed by atoms with Crippen molar-refractivity contribution in [1.29, 1.82) is 0 Å². The summed E-state index contributed by atoms with van der Waals surface area (Å²) in [6.45, 7) is 6.58. The largest absolute Gasteiger partial charge is 0.264 e. The molecule has 19 heavy (non-hydrogen) atoms. The average Bonchev–Trinajstić information content (AvgIpc) is 2.39. The highest BCUT2D eigenvalue weighted by Crippen LogP contribution is 2.22. The molecule has 0 spiro atoms. The number of nitrogens with zero attached hydrogens (tertiary/aromatic N) is 2. The first-order valence-electron chi connectivity index (χ1n) is 6.61. The van der Waals surface area contributed by atoms with Gasteiger partial charge in [-0.3, -0.25) is 4.98 Å². The van der Waals surface area contributed by atoms with Crippen LogP contribution in [-0.2, 0) is 6.42 Å². The van der Waals surface area contributed by atoms with Gasteiger partial charge in [-0.15, -0.1) is 0 Å². The van der Waals surface area contributed by atoms with Crippen LogP contribution in [0.25, 0.3) is 0 Å². The molecule has 0 saturated heterocycles. The van der Waals surface area contributed by atoms with Crippen molar-refractivity contribution in [1.82, 2.24) is 9.97 Å². The summed E-state index contributed by atoms with van der Waals surface area (Å²) in [6.07, 6.45) is 6.72. The highest BCUT2D eigenvalue weighted by molar-refractivity contribution is 6.29. The highest BCUT2D eigenvalue weighted by atomic mass is 35.5. The second kappa shape index (κ2) is 6.16. The first kappa shape index (κ1) is 14.0. The second-order valence-corrected chi connectivity index (χ2v) is 5.69. The molecule has 0 aromatic carbocycles. The van der Waals surface area contributed by atoms with E-state index in [9.17, 15) is 0 Å². The Bertz CT molecular complexity index is 535. The number of aromatic nitrogens is 2. The third-order valence-corrected chi connectivity index (χ3v) is 3.57. The smallest absolute Gasteiger partial charge is 0.129 e. The summed E-state index contributed by atoms with van der Waals surface area (Å²) in [5.41, 5.74) is 3.77. The van der Waals surface area contributed by atoms with Crippen molar-refractivity contribution >= 4 is 11.6 Å². The Balaban J connectivity index is 2.12. The van der Waals surface area contributed by atoms with Crippen LogP contribution in [0.2, 0.25) is 5.15 Å². The molecule has 0 radical (unpaired) electrons. The Labute approximate surface area is 119 Å². The number of hydrogen-bond donors (Lipinski definition) is 0. The van der Waals surface area contributed by atoms with E-state index in [0.29, 0.717) is 17.0 Å². The van der Waals surface area contributed by atoms with Gasteiger partial charge in [-0.25, -0.2) is 4.98 Å². The highest BCUT2D eigenvalue weighted by Gasteiger charge is 2.09. The van der Waals surface area contributed by atoms with Gasteiger partial charge in [0, 0.05) is 18.6 Å². The lowest BCUT2D eigenvalue weighted by Crippen LogP contribution is -2.01. The zero-order valence-electron chi connectivity index (χ0n) is 11.6. The molecule has 2 aromatic rings. The Hall–Kier alpha value is -1.41. The maximum absolute atomic E-state index is 5.81. The van der Waals surface area contributed by atoms with Crippen molar-refractivity contribution in [2.24, 2.45) is 0 Å². The number of rotatable bonds is 4. The predicted octanol–water partition coefficient (Wildman–Crippen LogP) is 4.60. The van der Waals surface area contributed by atoms with Gasteiger partial charge in [-0.05, 0) is 41.0 Å². The standard InChI is InChI=1S/C16H19ClN2/c1-11(2)15-7-13(8-18-9-15)6-12(3)14-4-5-16(17)19-10-14/h4-5,7-12H,6H2,1-3H3. The summed E-state index contributed by atoms with van der Waals surface area (Å²) in [4.78, 5) is 8.47. The monoisotopic (exact) mass is 274 g/mol. The summed E-state index contributed by atoms with van der Waals surface area (Å²) in [7, 11) is 0. The molecular weight excluding hydrogens is 256 g/mol. The molecule has 1 unspecified atom stereocenters. The van der Waals surface area contributed by atoms with Gasteiger partial charge in [0.05, 0.1) is 0 Å². The maximum atomic E-state index is 5.81. The lowest BCUT2D eigenvalue weighted by Gasteiger charge is -2.13. The molecule has 0 saturated carbocycles. The molecule has 0 fully saturated rings. The fraction of sp³-hybridized carbons (Fsp3) is 0.375. The van der Waals surface area contributed by atoms with Gasteiger partial charge in [-0.2, -0.15) is 0 Å². The van der Waals surface area contributed by atoms with E-state index in [0.717, 1.165) is 6.42 Å². The van der Waals surface area contributed by atoms with E-state index in [1.807, 2.05) is 30.7 Å². The van der Waals surface area contributed by atoms with Crippen molar-refractivity contribution < 1.29 is 0 Å². The minimum absolute atomic E-state index is 0.411. The van der Waals surface area contributed by atoms with Crippen LogP contribution in [0.15, 0.2) is 36.8 Å². The molecule has 0 amide bonds. The lowest BCUT2D eigenvalue weighted by atomic mass is 9.94. The molecule has 3 heteroatoms. The summed E-state index contributed by atoms with van der Waals surface area (Å²) >= 11 is 5.81. The van der Waals surface area contributed by atoms with Gasteiger partial charge < -0.3 is 0 Å². The molecule has 0 aliphatic carbocycles. The normalized spacial score (nSPS) is 12.7. The number of hydrogen-bond acceptors (Lipinski definition) is 2. The van der Waals surface area contributed by atoms with Gasteiger partial charge in [0.1, 0.15) is 5.15 Å². The molecule has 0 aliphatic rings. The maximum Gasteiger partial charge on any atom is 0.129 e. The van der Waals surface area contributed by atoms with Gasteiger partial charge in [0.25, 0.3) is 0 Å². The minimum Gasteiger partial charge on any atom is -0.264 e. The van der Waals surface area contributed by atoms with Gasteiger partial charge in [0.2, 0.25) is 0 Å². The molecule has 100 valence electrons. The molecule has 0 aliphatic heterocycles. The summed E-state index contributed by atoms with van der Waals surface area (Å²) in [5, 5.41) is 0.541. The van der Waals surface area contributed by atoms with E-state index in [4.69, 9.17) is 11.6 Å². The molecule has 2 rings (SSSR count). The summed E-state index contributed by atoms with van der Waals surface area (Å²) < 4.78 is 0. The van der Waals surface area contributed by atoms with E-state index in [1.165, 1.54) is 16.7 Å². The van der Waals surface area contributed by atoms with Crippen LogP contribution in [-0.4, -0.2) is 9.97 Å². The zero-order chi connectivity index (χ0) is 13.8. The third kappa shape index (κ3) is 3.77. The Morgan fingerprint density at radius 1 is 1.05 bits per heavy atom. The van der Waals surface area contributed by atoms with Gasteiger partial charge in [-0.1, -0.05) is 44.5 Å². The Kier molecular flexibility index (Phi) is 4.54. The van der Waals surface area contributed by atoms with Gasteiger partial charge in [0.15, 0.2) is 0 Å². The molecular formula is C16H19ClN2. The molecule has 1 atom stereocenters. The van der Waals surface area contributed by atoms with E-state index in [2.05, 4.69) is 36.8 Å². The van der Waals surface area contributed by atoms with E-state index >= 15 is 0 Å². The predicted molar refractivity (Wildman–Crippen MR) is 79.7 cm³/mol. The minimum atomic E-state index is 0.411. The average molecular weight is 275 g/mol. The van der Waals surface area contributed by atoms with Crippen molar-refractivity contribution in [2.45, 2.75) is 39.0 Å². The van der Waals surface area contributed by atoms with Crippen LogP contribution in [0.5, 0.6) is 0 Å². The van der Waals surface area contributed by atoms with Crippen LogP contribution in [0.1, 0.15) is 49.3 Å².